The average molecular weight is 313 g/mol. The molecule has 1 N–H and O–H groups in total. The minimum Gasteiger partial charge on any atom is -0.383 e. The number of methoxy groups -OCH3 is 1. The molecule has 114 valence electrons. The highest BCUT2D eigenvalue weighted by molar-refractivity contribution is 7.17. The van der Waals surface area contributed by atoms with Crippen LogP contribution in [0.15, 0.2) is 35.7 Å². The maximum Gasteiger partial charge on any atom is 0.139 e. The fourth-order valence-electron chi connectivity index (χ4n) is 2.51. The van der Waals surface area contributed by atoms with Gasteiger partial charge in [0, 0.05) is 24.1 Å². The number of ether oxygens (including phenoxy) is 1. The van der Waals surface area contributed by atoms with E-state index < -0.39 is 0 Å². The Balaban J connectivity index is 2.12. The standard InChI is InChI=1S/C17H19N3OS/c1-11(9-21-3)18-16-15-14(13-7-5-4-6-8-13)10-22-17(15)20-12(2)19-16/h4-8,10-11H,9H2,1-3H3,(H,18,19,20). The molecule has 0 fully saturated rings. The Hall–Kier alpha value is -1.98. The molecule has 4 nitrogen and oxygen atoms in total. The molecule has 0 amide bonds. The summed E-state index contributed by atoms with van der Waals surface area (Å²) in [4.78, 5) is 10.2. The molecule has 0 bridgehead atoms. The minimum atomic E-state index is 0.186. The van der Waals surface area contributed by atoms with Crippen molar-refractivity contribution < 1.29 is 4.74 Å². The van der Waals surface area contributed by atoms with Gasteiger partial charge in [-0.05, 0) is 19.4 Å². The van der Waals surface area contributed by atoms with Crippen LogP contribution >= 0.6 is 11.3 Å². The first kappa shape index (κ1) is 14.9. The molecule has 1 unspecified atom stereocenters. The molecule has 1 atom stereocenters. The van der Waals surface area contributed by atoms with Crippen molar-refractivity contribution >= 4 is 27.4 Å². The average Bonchev–Trinajstić information content (AvgIpc) is 2.92. The molecule has 1 aromatic carbocycles. The zero-order valence-electron chi connectivity index (χ0n) is 13.0. The van der Waals surface area contributed by atoms with Crippen LogP contribution in [0.3, 0.4) is 0 Å². The molecule has 3 aromatic rings. The molecule has 0 aliphatic heterocycles. The van der Waals surface area contributed by atoms with Crippen LogP contribution in [0.4, 0.5) is 5.82 Å². The van der Waals surface area contributed by atoms with Crippen molar-refractivity contribution in [2.75, 3.05) is 19.0 Å². The summed E-state index contributed by atoms with van der Waals surface area (Å²) in [5.41, 5.74) is 2.36. The van der Waals surface area contributed by atoms with Gasteiger partial charge >= 0.3 is 0 Å². The molecule has 0 aliphatic rings. The third-order valence-corrected chi connectivity index (χ3v) is 4.30. The summed E-state index contributed by atoms with van der Waals surface area (Å²) in [5, 5.41) is 6.69. The van der Waals surface area contributed by atoms with Crippen LogP contribution in [0.25, 0.3) is 21.3 Å². The van der Waals surface area contributed by atoms with E-state index in [0.29, 0.717) is 6.61 Å². The van der Waals surface area contributed by atoms with Crippen molar-refractivity contribution in [3.05, 3.63) is 41.5 Å². The van der Waals surface area contributed by atoms with E-state index in [2.05, 4.69) is 51.9 Å². The molecular formula is C17H19N3OS. The maximum absolute atomic E-state index is 5.21. The van der Waals surface area contributed by atoms with E-state index >= 15 is 0 Å². The highest BCUT2D eigenvalue weighted by Gasteiger charge is 2.15. The van der Waals surface area contributed by atoms with Crippen molar-refractivity contribution in [3.63, 3.8) is 0 Å². The number of thiophene rings is 1. The molecular weight excluding hydrogens is 294 g/mol. The van der Waals surface area contributed by atoms with Crippen molar-refractivity contribution in [2.45, 2.75) is 19.9 Å². The predicted octanol–water partition coefficient (Wildman–Crippen LogP) is 4.11. The number of aryl methyl sites for hydroxylation is 1. The van der Waals surface area contributed by atoms with Crippen molar-refractivity contribution in [1.82, 2.24) is 9.97 Å². The van der Waals surface area contributed by atoms with Gasteiger partial charge in [0.25, 0.3) is 0 Å². The number of aromatic nitrogens is 2. The van der Waals surface area contributed by atoms with E-state index in [0.717, 1.165) is 21.9 Å². The Labute approximate surface area is 134 Å². The fourth-order valence-corrected chi connectivity index (χ4v) is 3.50. The van der Waals surface area contributed by atoms with E-state index in [1.807, 2.05) is 13.0 Å². The Morgan fingerprint density at radius 2 is 2.00 bits per heavy atom. The first-order valence-corrected chi connectivity index (χ1v) is 8.13. The number of benzene rings is 1. The maximum atomic E-state index is 5.21. The minimum absolute atomic E-state index is 0.186. The molecule has 0 saturated carbocycles. The Morgan fingerprint density at radius 3 is 2.73 bits per heavy atom. The molecule has 0 aliphatic carbocycles. The Bertz CT molecular complexity index is 770. The lowest BCUT2D eigenvalue weighted by Gasteiger charge is -2.15. The summed E-state index contributed by atoms with van der Waals surface area (Å²) in [5.74, 6) is 1.66. The quantitative estimate of drug-likeness (QED) is 0.770. The first-order chi connectivity index (χ1) is 10.7. The van der Waals surface area contributed by atoms with Gasteiger partial charge in [0.15, 0.2) is 0 Å². The fraction of sp³-hybridized carbons (Fsp3) is 0.294. The lowest BCUT2D eigenvalue weighted by molar-refractivity contribution is 0.190. The van der Waals surface area contributed by atoms with Crippen molar-refractivity contribution in [1.29, 1.82) is 0 Å². The van der Waals surface area contributed by atoms with E-state index in [1.165, 1.54) is 11.1 Å². The molecule has 3 rings (SSSR count). The summed E-state index contributed by atoms with van der Waals surface area (Å²) in [6.07, 6.45) is 0. The number of nitrogens with zero attached hydrogens (tertiary/aromatic N) is 2. The molecule has 22 heavy (non-hydrogen) atoms. The molecule has 5 heteroatoms. The number of fused-ring (bicyclic) bond motifs is 1. The van der Waals surface area contributed by atoms with Crippen LogP contribution < -0.4 is 5.32 Å². The van der Waals surface area contributed by atoms with E-state index in [9.17, 15) is 0 Å². The third kappa shape index (κ3) is 2.96. The summed E-state index contributed by atoms with van der Waals surface area (Å²) >= 11 is 1.66. The number of rotatable bonds is 5. The predicted molar refractivity (Wildman–Crippen MR) is 92.5 cm³/mol. The molecule has 2 heterocycles. The second-order valence-electron chi connectivity index (χ2n) is 5.32. The number of anilines is 1. The monoisotopic (exact) mass is 313 g/mol. The lowest BCUT2D eigenvalue weighted by Crippen LogP contribution is -2.21. The second-order valence-corrected chi connectivity index (χ2v) is 6.17. The summed E-state index contributed by atoms with van der Waals surface area (Å²) in [6.45, 7) is 4.64. The van der Waals surface area contributed by atoms with Gasteiger partial charge in [-0.25, -0.2) is 9.97 Å². The number of hydrogen-bond acceptors (Lipinski definition) is 5. The van der Waals surface area contributed by atoms with E-state index in [4.69, 9.17) is 4.74 Å². The summed E-state index contributed by atoms with van der Waals surface area (Å²) in [6, 6.07) is 10.5. The SMILES string of the molecule is COCC(C)Nc1nc(C)nc2scc(-c3ccccc3)c12. The van der Waals surface area contributed by atoms with Crippen LogP contribution in [0.5, 0.6) is 0 Å². The second kappa shape index (κ2) is 6.42. The number of hydrogen-bond donors (Lipinski definition) is 1. The van der Waals surface area contributed by atoms with Gasteiger partial charge in [-0.3, -0.25) is 0 Å². The van der Waals surface area contributed by atoms with Gasteiger partial charge < -0.3 is 10.1 Å². The van der Waals surface area contributed by atoms with Gasteiger partial charge in [0.05, 0.1) is 12.0 Å². The van der Waals surface area contributed by atoms with Gasteiger partial charge in [0.2, 0.25) is 0 Å². The molecule has 0 radical (unpaired) electrons. The molecule has 0 spiro atoms. The summed E-state index contributed by atoms with van der Waals surface area (Å²) < 4.78 is 5.21. The highest BCUT2D eigenvalue weighted by Crippen LogP contribution is 2.36. The van der Waals surface area contributed by atoms with Crippen LogP contribution in [-0.2, 0) is 4.74 Å². The normalized spacial score (nSPS) is 12.5. The first-order valence-electron chi connectivity index (χ1n) is 7.25. The Kier molecular flexibility index (Phi) is 4.36. The van der Waals surface area contributed by atoms with Crippen LogP contribution in [0, 0.1) is 6.92 Å². The van der Waals surface area contributed by atoms with E-state index in [1.54, 1.807) is 18.4 Å². The zero-order valence-corrected chi connectivity index (χ0v) is 13.8. The topological polar surface area (TPSA) is 47.0 Å². The molecule has 2 aromatic heterocycles. The largest absolute Gasteiger partial charge is 0.383 e. The van der Waals surface area contributed by atoms with Crippen LogP contribution in [0.1, 0.15) is 12.7 Å². The third-order valence-electron chi connectivity index (χ3n) is 3.43. The molecule has 0 saturated heterocycles. The van der Waals surface area contributed by atoms with Crippen molar-refractivity contribution in [3.8, 4) is 11.1 Å². The van der Waals surface area contributed by atoms with Gasteiger partial charge in [-0.1, -0.05) is 30.3 Å². The Morgan fingerprint density at radius 1 is 1.23 bits per heavy atom. The number of nitrogens with one attached hydrogen (secondary N) is 1. The van der Waals surface area contributed by atoms with Crippen LogP contribution in [-0.4, -0.2) is 29.7 Å². The zero-order chi connectivity index (χ0) is 15.5. The van der Waals surface area contributed by atoms with Gasteiger partial charge in [-0.15, -0.1) is 11.3 Å². The summed E-state index contributed by atoms with van der Waals surface area (Å²) in [7, 11) is 1.71. The smallest absolute Gasteiger partial charge is 0.139 e. The van der Waals surface area contributed by atoms with E-state index in [-0.39, 0.29) is 6.04 Å². The van der Waals surface area contributed by atoms with Gasteiger partial charge in [-0.2, -0.15) is 0 Å². The van der Waals surface area contributed by atoms with Crippen LogP contribution in [0.2, 0.25) is 0 Å². The van der Waals surface area contributed by atoms with Gasteiger partial charge in [0.1, 0.15) is 16.5 Å². The lowest BCUT2D eigenvalue weighted by atomic mass is 10.1. The van der Waals surface area contributed by atoms with Crippen molar-refractivity contribution in [2.24, 2.45) is 0 Å². The highest BCUT2D eigenvalue weighted by atomic mass is 32.1.